The lowest BCUT2D eigenvalue weighted by Gasteiger charge is -2.10. The maximum Gasteiger partial charge on any atom is 0.405 e. The van der Waals surface area contributed by atoms with Gasteiger partial charge in [0.1, 0.15) is 11.4 Å². The number of hydrogen-bond acceptors (Lipinski definition) is 1. The molecule has 1 aliphatic carbocycles. The summed E-state index contributed by atoms with van der Waals surface area (Å²) in [7, 11) is 0. The first-order chi connectivity index (χ1) is 5.33. The van der Waals surface area contributed by atoms with E-state index in [-0.39, 0.29) is 0 Å². The predicted octanol–water partition coefficient (Wildman–Crippen LogP) is 1.44. The number of nitrogens with one attached hydrogen (secondary N) is 1. The average Bonchev–Trinajstić information content (AvgIpc) is 2.62. The molecule has 1 saturated carbocycles. The Labute approximate surface area is 72.1 Å². The van der Waals surface area contributed by atoms with E-state index in [1.54, 1.807) is 5.32 Å². The summed E-state index contributed by atoms with van der Waals surface area (Å²) >= 11 is 5.54. The Morgan fingerprint density at radius 3 is 2.33 bits per heavy atom. The molecule has 0 atom stereocenters. The smallest absolute Gasteiger partial charge is 0.345 e. The molecule has 2 nitrogen and oxygen atoms in total. The van der Waals surface area contributed by atoms with Crippen molar-refractivity contribution in [3.63, 3.8) is 0 Å². The molecule has 0 aromatic heterocycles. The van der Waals surface area contributed by atoms with E-state index >= 15 is 0 Å². The molecule has 0 aliphatic heterocycles. The summed E-state index contributed by atoms with van der Waals surface area (Å²) in [5, 5.41) is 1.73. The third-order valence-electron chi connectivity index (χ3n) is 1.55. The molecule has 0 saturated heterocycles. The zero-order valence-electron chi connectivity index (χ0n) is 6.04. The minimum absolute atomic E-state index is 0.457. The zero-order valence-corrected chi connectivity index (χ0v) is 6.80. The van der Waals surface area contributed by atoms with Gasteiger partial charge in [0.2, 0.25) is 5.91 Å². The van der Waals surface area contributed by atoms with E-state index in [4.69, 9.17) is 11.6 Å². The van der Waals surface area contributed by atoms with E-state index in [2.05, 4.69) is 0 Å². The lowest BCUT2D eigenvalue weighted by Crippen LogP contribution is -2.39. The van der Waals surface area contributed by atoms with Crippen molar-refractivity contribution >= 4 is 17.5 Å². The summed E-state index contributed by atoms with van der Waals surface area (Å²) < 4.78 is 34.7. The normalized spacial score (nSPS) is 20.3. The summed E-state index contributed by atoms with van der Waals surface area (Å²) in [5.74, 6) is -0.721. The van der Waals surface area contributed by atoms with Crippen molar-refractivity contribution in [2.75, 3.05) is 6.54 Å². The van der Waals surface area contributed by atoms with Crippen molar-refractivity contribution in [3.05, 3.63) is 0 Å². The SMILES string of the molecule is O=C(NCC(F)(F)F)C1(Cl)CC1. The van der Waals surface area contributed by atoms with Gasteiger partial charge in [0, 0.05) is 0 Å². The van der Waals surface area contributed by atoms with Gasteiger partial charge in [-0.15, -0.1) is 11.6 Å². The Morgan fingerprint density at radius 1 is 1.50 bits per heavy atom. The highest BCUT2D eigenvalue weighted by atomic mass is 35.5. The highest BCUT2D eigenvalue weighted by Gasteiger charge is 2.48. The molecule has 12 heavy (non-hydrogen) atoms. The standard InChI is InChI=1S/C6H7ClF3NO/c7-5(1-2-5)4(12)11-3-6(8,9)10/h1-3H2,(H,11,12). The Bertz CT molecular complexity index is 199. The van der Waals surface area contributed by atoms with Gasteiger partial charge in [-0.25, -0.2) is 0 Å². The molecule has 0 aromatic carbocycles. The second kappa shape index (κ2) is 2.80. The minimum atomic E-state index is -4.36. The molecule has 1 rings (SSSR count). The molecule has 1 N–H and O–H groups in total. The molecule has 0 spiro atoms. The summed E-state index contributed by atoms with van der Waals surface area (Å²) in [6, 6.07) is 0. The van der Waals surface area contributed by atoms with Gasteiger partial charge in [-0.3, -0.25) is 4.79 Å². The van der Waals surface area contributed by atoms with Crippen molar-refractivity contribution in [2.45, 2.75) is 23.9 Å². The minimum Gasteiger partial charge on any atom is -0.345 e. The molecule has 1 amide bonds. The number of carbonyl (C=O) groups is 1. The lowest BCUT2D eigenvalue weighted by atomic mass is 10.4. The lowest BCUT2D eigenvalue weighted by molar-refractivity contribution is -0.138. The van der Waals surface area contributed by atoms with E-state index in [9.17, 15) is 18.0 Å². The number of hydrogen-bond donors (Lipinski definition) is 1. The second-order valence-corrected chi connectivity index (χ2v) is 3.49. The van der Waals surface area contributed by atoms with Crippen molar-refractivity contribution < 1.29 is 18.0 Å². The van der Waals surface area contributed by atoms with Crippen LogP contribution in [0.2, 0.25) is 0 Å². The Kier molecular flexibility index (Phi) is 2.25. The number of carbonyl (C=O) groups excluding carboxylic acids is 1. The van der Waals surface area contributed by atoms with Gasteiger partial charge in [-0.05, 0) is 12.8 Å². The first kappa shape index (κ1) is 9.64. The zero-order chi connectivity index (χ0) is 9.41. The largest absolute Gasteiger partial charge is 0.405 e. The molecular formula is C6H7ClF3NO. The van der Waals surface area contributed by atoms with Crippen LogP contribution in [-0.2, 0) is 4.79 Å². The van der Waals surface area contributed by atoms with E-state index in [1.165, 1.54) is 0 Å². The number of amides is 1. The summed E-state index contributed by atoms with van der Waals surface area (Å²) in [4.78, 5) is 9.78. The maximum atomic E-state index is 11.6. The van der Waals surface area contributed by atoms with Gasteiger partial charge in [-0.2, -0.15) is 13.2 Å². The number of alkyl halides is 4. The molecule has 70 valence electrons. The van der Waals surface area contributed by atoms with Crippen LogP contribution in [0.3, 0.4) is 0 Å². The Morgan fingerprint density at radius 2 is 2.00 bits per heavy atom. The predicted molar refractivity (Wildman–Crippen MR) is 36.9 cm³/mol. The van der Waals surface area contributed by atoms with Gasteiger partial charge in [0.25, 0.3) is 0 Å². The van der Waals surface area contributed by atoms with Crippen LogP contribution in [0.15, 0.2) is 0 Å². The highest BCUT2D eigenvalue weighted by molar-refractivity contribution is 6.37. The van der Waals surface area contributed by atoms with Crippen molar-refractivity contribution in [2.24, 2.45) is 0 Å². The Hall–Kier alpha value is -0.450. The van der Waals surface area contributed by atoms with E-state index in [1.807, 2.05) is 0 Å². The van der Waals surface area contributed by atoms with Crippen molar-refractivity contribution in [1.82, 2.24) is 5.32 Å². The average molecular weight is 202 g/mol. The maximum absolute atomic E-state index is 11.6. The van der Waals surface area contributed by atoms with Gasteiger partial charge >= 0.3 is 6.18 Å². The van der Waals surface area contributed by atoms with Crippen LogP contribution < -0.4 is 5.32 Å². The van der Waals surface area contributed by atoms with Gasteiger partial charge in [0.05, 0.1) is 0 Å². The molecule has 6 heteroatoms. The van der Waals surface area contributed by atoms with Gasteiger partial charge in [0.15, 0.2) is 0 Å². The first-order valence-corrected chi connectivity index (χ1v) is 3.75. The molecule has 0 unspecified atom stereocenters. The quantitative estimate of drug-likeness (QED) is 0.673. The number of rotatable bonds is 2. The topological polar surface area (TPSA) is 29.1 Å². The van der Waals surface area contributed by atoms with E-state index in [0.717, 1.165) is 0 Å². The van der Waals surface area contributed by atoms with Crippen molar-refractivity contribution in [3.8, 4) is 0 Å². The molecule has 1 fully saturated rings. The molecule has 0 aromatic rings. The van der Waals surface area contributed by atoms with Crippen LogP contribution >= 0.6 is 11.6 Å². The van der Waals surface area contributed by atoms with Crippen LogP contribution in [-0.4, -0.2) is 23.5 Å². The third-order valence-corrected chi connectivity index (χ3v) is 2.09. The van der Waals surface area contributed by atoms with Gasteiger partial charge in [-0.1, -0.05) is 0 Å². The monoisotopic (exact) mass is 201 g/mol. The summed E-state index contributed by atoms with van der Waals surface area (Å²) in [6.45, 7) is -1.31. The fourth-order valence-corrected chi connectivity index (χ4v) is 0.837. The first-order valence-electron chi connectivity index (χ1n) is 3.37. The van der Waals surface area contributed by atoms with Gasteiger partial charge < -0.3 is 5.32 Å². The van der Waals surface area contributed by atoms with Crippen LogP contribution in [0.25, 0.3) is 0 Å². The Balaban J connectivity index is 2.29. The fraction of sp³-hybridized carbons (Fsp3) is 0.833. The third kappa shape index (κ3) is 2.55. The molecular weight excluding hydrogens is 195 g/mol. The van der Waals surface area contributed by atoms with Crippen LogP contribution in [0.1, 0.15) is 12.8 Å². The summed E-state index contributed by atoms with van der Waals surface area (Å²) in [6.07, 6.45) is -3.45. The number of halogens is 4. The molecule has 0 radical (unpaired) electrons. The second-order valence-electron chi connectivity index (χ2n) is 2.76. The highest BCUT2D eigenvalue weighted by Crippen LogP contribution is 2.42. The fourth-order valence-electron chi connectivity index (χ4n) is 0.676. The van der Waals surface area contributed by atoms with E-state index in [0.29, 0.717) is 12.8 Å². The molecule has 0 heterocycles. The van der Waals surface area contributed by atoms with E-state index < -0.39 is 23.5 Å². The van der Waals surface area contributed by atoms with Crippen LogP contribution in [0.4, 0.5) is 13.2 Å². The summed E-state index contributed by atoms with van der Waals surface area (Å²) in [5.41, 5.74) is 0. The van der Waals surface area contributed by atoms with Crippen LogP contribution in [0, 0.1) is 0 Å². The molecule has 0 bridgehead atoms. The van der Waals surface area contributed by atoms with Crippen molar-refractivity contribution in [1.29, 1.82) is 0 Å². The molecule has 1 aliphatic rings. The van der Waals surface area contributed by atoms with Crippen LogP contribution in [0.5, 0.6) is 0 Å².